The summed E-state index contributed by atoms with van der Waals surface area (Å²) in [4.78, 5) is 9.38. The van der Waals surface area contributed by atoms with Gasteiger partial charge in [-0.3, -0.25) is 0 Å². The first-order chi connectivity index (χ1) is 8.55. The summed E-state index contributed by atoms with van der Waals surface area (Å²) >= 11 is 0. The Bertz CT molecular complexity index is 455. The molecule has 3 rings (SSSR count). The summed E-state index contributed by atoms with van der Waals surface area (Å²) in [6, 6.07) is 0. The number of hydrogen-bond donors (Lipinski definition) is 1. The van der Waals surface area contributed by atoms with Crippen molar-refractivity contribution in [2.75, 3.05) is 5.73 Å². The second-order valence-corrected chi connectivity index (χ2v) is 6.68. The summed E-state index contributed by atoms with van der Waals surface area (Å²) in [5.74, 6) is 2.30. The van der Waals surface area contributed by atoms with Gasteiger partial charge in [-0.25, -0.2) is 9.97 Å². The van der Waals surface area contributed by atoms with Crippen molar-refractivity contribution < 1.29 is 0 Å². The van der Waals surface area contributed by atoms with Crippen LogP contribution in [0.5, 0.6) is 0 Å². The molecule has 0 amide bonds. The van der Waals surface area contributed by atoms with Crippen LogP contribution in [-0.4, -0.2) is 9.97 Å². The molecule has 0 atom stereocenters. The molecular weight excluding hydrogens is 222 g/mol. The maximum Gasteiger partial charge on any atom is 0.134 e. The SMILES string of the molecule is CC1(C)CCC(c2nc(N)c3c(n2)CCC3)CC1. The van der Waals surface area contributed by atoms with Crippen LogP contribution in [0.3, 0.4) is 0 Å². The van der Waals surface area contributed by atoms with Crippen LogP contribution in [0.25, 0.3) is 0 Å². The van der Waals surface area contributed by atoms with E-state index < -0.39 is 0 Å². The quantitative estimate of drug-likeness (QED) is 0.826. The van der Waals surface area contributed by atoms with Gasteiger partial charge in [-0.2, -0.15) is 0 Å². The van der Waals surface area contributed by atoms with E-state index in [0.717, 1.165) is 24.5 Å². The van der Waals surface area contributed by atoms with Gasteiger partial charge in [0.25, 0.3) is 0 Å². The van der Waals surface area contributed by atoms with Crippen LogP contribution in [-0.2, 0) is 12.8 Å². The smallest absolute Gasteiger partial charge is 0.134 e. The topological polar surface area (TPSA) is 51.8 Å². The molecule has 1 aromatic rings. The van der Waals surface area contributed by atoms with Gasteiger partial charge in [0.05, 0.1) is 0 Å². The molecule has 0 unspecified atom stereocenters. The van der Waals surface area contributed by atoms with E-state index in [1.54, 1.807) is 0 Å². The predicted octanol–water partition coefficient (Wildman–Crippen LogP) is 3.23. The van der Waals surface area contributed by atoms with Crippen LogP contribution in [0.2, 0.25) is 0 Å². The standard InChI is InChI=1S/C15H23N3/c1-15(2)8-6-10(7-9-15)14-17-12-5-3-4-11(12)13(16)18-14/h10H,3-9H2,1-2H3,(H2,16,17,18). The van der Waals surface area contributed by atoms with Gasteiger partial charge in [0.2, 0.25) is 0 Å². The van der Waals surface area contributed by atoms with Gasteiger partial charge in [0.15, 0.2) is 0 Å². The van der Waals surface area contributed by atoms with Crippen LogP contribution in [0.4, 0.5) is 5.82 Å². The summed E-state index contributed by atoms with van der Waals surface area (Å²) < 4.78 is 0. The molecule has 98 valence electrons. The Morgan fingerprint density at radius 2 is 1.83 bits per heavy atom. The van der Waals surface area contributed by atoms with Gasteiger partial charge in [-0.15, -0.1) is 0 Å². The number of fused-ring (bicyclic) bond motifs is 1. The van der Waals surface area contributed by atoms with E-state index in [1.165, 1.54) is 43.4 Å². The molecule has 0 radical (unpaired) electrons. The van der Waals surface area contributed by atoms with Gasteiger partial charge in [0.1, 0.15) is 11.6 Å². The molecule has 0 spiro atoms. The molecule has 18 heavy (non-hydrogen) atoms. The van der Waals surface area contributed by atoms with Gasteiger partial charge >= 0.3 is 0 Å². The minimum atomic E-state index is 0.499. The van der Waals surface area contributed by atoms with Gasteiger partial charge < -0.3 is 5.73 Å². The third-order valence-corrected chi connectivity index (χ3v) is 4.69. The van der Waals surface area contributed by atoms with Crippen molar-refractivity contribution in [3.63, 3.8) is 0 Å². The Morgan fingerprint density at radius 3 is 2.56 bits per heavy atom. The van der Waals surface area contributed by atoms with Gasteiger partial charge in [-0.1, -0.05) is 13.8 Å². The Hall–Kier alpha value is -1.12. The van der Waals surface area contributed by atoms with Crippen LogP contribution in [0.15, 0.2) is 0 Å². The van der Waals surface area contributed by atoms with E-state index in [4.69, 9.17) is 10.7 Å². The van der Waals surface area contributed by atoms with Crippen molar-refractivity contribution in [2.45, 2.75) is 64.7 Å². The number of anilines is 1. The third-order valence-electron chi connectivity index (χ3n) is 4.69. The fourth-order valence-electron chi connectivity index (χ4n) is 3.32. The molecule has 2 aliphatic rings. The average molecular weight is 245 g/mol. The minimum Gasteiger partial charge on any atom is -0.383 e. The molecule has 0 saturated heterocycles. The molecule has 1 fully saturated rings. The second-order valence-electron chi connectivity index (χ2n) is 6.68. The van der Waals surface area contributed by atoms with Crippen molar-refractivity contribution in [1.82, 2.24) is 9.97 Å². The number of hydrogen-bond acceptors (Lipinski definition) is 3. The van der Waals surface area contributed by atoms with Gasteiger partial charge in [-0.05, 0) is 50.4 Å². The Morgan fingerprint density at radius 1 is 1.11 bits per heavy atom. The van der Waals surface area contributed by atoms with Crippen molar-refractivity contribution in [1.29, 1.82) is 0 Å². The van der Waals surface area contributed by atoms with Crippen molar-refractivity contribution in [2.24, 2.45) is 5.41 Å². The zero-order valence-electron chi connectivity index (χ0n) is 11.5. The highest BCUT2D eigenvalue weighted by atomic mass is 15.0. The largest absolute Gasteiger partial charge is 0.383 e. The number of nitrogens with zero attached hydrogens (tertiary/aromatic N) is 2. The first kappa shape index (κ1) is 11.9. The normalized spacial score (nSPS) is 23.0. The van der Waals surface area contributed by atoms with E-state index in [0.29, 0.717) is 11.3 Å². The Balaban J connectivity index is 1.83. The number of aryl methyl sites for hydroxylation is 1. The van der Waals surface area contributed by atoms with E-state index >= 15 is 0 Å². The third kappa shape index (κ3) is 2.11. The Kier molecular flexibility index (Phi) is 2.80. The lowest BCUT2D eigenvalue weighted by Crippen LogP contribution is -2.22. The molecule has 0 aromatic carbocycles. The zero-order chi connectivity index (χ0) is 12.8. The van der Waals surface area contributed by atoms with Crippen molar-refractivity contribution in [3.05, 3.63) is 17.1 Å². The van der Waals surface area contributed by atoms with Crippen LogP contribution in [0, 0.1) is 5.41 Å². The number of nitrogens with two attached hydrogens (primary N) is 1. The lowest BCUT2D eigenvalue weighted by Gasteiger charge is -2.33. The molecular formula is C15H23N3. The fourth-order valence-corrected chi connectivity index (χ4v) is 3.32. The Labute approximate surface area is 109 Å². The van der Waals surface area contributed by atoms with Crippen LogP contribution >= 0.6 is 0 Å². The monoisotopic (exact) mass is 245 g/mol. The van der Waals surface area contributed by atoms with Crippen molar-refractivity contribution in [3.8, 4) is 0 Å². The summed E-state index contributed by atoms with van der Waals surface area (Å²) in [5.41, 5.74) is 9.02. The molecule has 0 aliphatic heterocycles. The second kappa shape index (κ2) is 4.22. The number of nitrogen functional groups attached to an aromatic ring is 1. The average Bonchev–Trinajstić information content (AvgIpc) is 2.77. The van der Waals surface area contributed by atoms with E-state index in [-0.39, 0.29) is 0 Å². The van der Waals surface area contributed by atoms with Crippen molar-refractivity contribution >= 4 is 5.82 Å². The molecule has 3 heteroatoms. The number of aromatic nitrogens is 2. The minimum absolute atomic E-state index is 0.499. The summed E-state index contributed by atoms with van der Waals surface area (Å²) in [5, 5.41) is 0. The molecule has 0 bridgehead atoms. The molecule has 2 N–H and O–H groups in total. The molecule has 3 nitrogen and oxygen atoms in total. The lowest BCUT2D eigenvalue weighted by atomic mass is 9.73. The highest BCUT2D eigenvalue weighted by Gasteiger charge is 2.30. The zero-order valence-corrected chi connectivity index (χ0v) is 11.5. The number of rotatable bonds is 1. The summed E-state index contributed by atoms with van der Waals surface area (Å²) in [7, 11) is 0. The molecule has 1 heterocycles. The highest BCUT2D eigenvalue weighted by Crippen LogP contribution is 2.42. The highest BCUT2D eigenvalue weighted by molar-refractivity contribution is 5.45. The molecule has 1 saturated carbocycles. The van der Waals surface area contributed by atoms with Gasteiger partial charge in [0, 0.05) is 17.2 Å². The first-order valence-electron chi connectivity index (χ1n) is 7.20. The maximum atomic E-state index is 6.08. The lowest BCUT2D eigenvalue weighted by molar-refractivity contribution is 0.220. The molecule has 2 aliphatic carbocycles. The summed E-state index contributed by atoms with van der Waals surface area (Å²) in [6.45, 7) is 4.72. The fraction of sp³-hybridized carbons (Fsp3) is 0.733. The first-order valence-corrected chi connectivity index (χ1v) is 7.20. The molecule has 1 aromatic heterocycles. The maximum absolute atomic E-state index is 6.08. The van der Waals surface area contributed by atoms with E-state index in [9.17, 15) is 0 Å². The van der Waals surface area contributed by atoms with Crippen LogP contribution < -0.4 is 5.73 Å². The van der Waals surface area contributed by atoms with E-state index in [1.807, 2.05) is 0 Å². The van der Waals surface area contributed by atoms with E-state index in [2.05, 4.69) is 18.8 Å². The predicted molar refractivity (Wildman–Crippen MR) is 73.5 cm³/mol. The summed E-state index contributed by atoms with van der Waals surface area (Å²) in [6.07, 6.45) is 8.33. The van der Waals surface area contributed by atoms with Crippen LogP contribution in [0.1, 0.15) is 69.0 Å².